The zero-order chi connectivity index (χ0) is 12.4. The Balaban J connectivity index is 3.42. The van der Waals surface area contributed by atoms with Crippen molar-refractivity contribution in [1.82, 2.24) is 0 Å². The van der Waals surface area contributed by atoms with Gasteiger partial charge in [0.05, 0.1) is 6.61 Å². The molecule has 96 valence electrons. The summed E-state index contributed by atoms with van der Waals surface area (Å²) in [6, 6.07) is -0.504. The maximum absolute atomic E-state index is 11.4. The average molecular weight is 231 g/mol. The van der Waals surface area contributed by atoms with E-state index in [1.807, 2.05) is 13.8 Å². The van der Waals surface area contributed by atoms with Gasteiger partial charge in [-0.05, 0) is 18.8 Å². The van der Waals surface area contributed by atoms with Crippen molar-refractivity contribution < 1.29 is 14.3 Å². The van der Waals surface area contributed by atoms with Gasteiger partial charge in [-0.25, -0.2) is 0 Å². The normalized spacial score (nSPS) is 12.8. The highest BCUT2D eigenvalue weighted by atomic mass is 16.6. The molecule has 0 aromatic rings. The van der Waals surface area contributed by atoms with E-state index in [-0.39, 0.29) is 5.97 Å². The Morgan fingerprint density at radius 2 is 1.94 bits per heavy atom. The Labute approximate surface area is 98.5 Å². The second-order valence-electron chi connectivity index (χ2n) is 4.37. The van der Waals surface area contributed by atoms with E-state index < -0.39 is 6.04 Å². The number of unbranched alkanes of at least 4 members (excludes halogenated alkanes) is 1. The fourth-order valence-electron chi connectivity index (χ4n) is 1.26. The van der Waals surface area contributed by atoms with E-state index in [4.69, 9.17) is 15.2 Å². The van der Waals surface area contributed by atoms with Crippen LogP contribution in [0.5, 0.6) is 0 Å². The first-order chi connectivity index (χ1) is 7.57. The van der Waals surface area contributed by atoms with Gasteiger partial charge in [-0.1, -0.05) is 27.2 Å². The predicted molar refractivity (Wildman–Crippen MR) is 64.1 cm³/mol. The minimum absolute atomic E-state index is 0.300. The van der Waals surface area contributed by atoms with Crippen molar-refractivity contribution in [3.05, 3.63) is 0 Å². The fourth-order valence-corrected chi connectivity index (χ4v) is 1.26. The molecule has 1 atom stereocenters. The molecular formula is C12H25NO3. The van der Waals surface area contributed by atoms with E-state index in [0.717, 1.165) is 19.4 Å². The summed E-state index contributed by atoms with van der Waals surface area (Å²) >= 11 is 0. The van der Waals surface area contributed by atoms with E-state index in [1.54, 1.807) is 0 Å². The van der Waals surface area contributed by atoms with Crippen LogP contribution in [0.4, 0.5) is 0 Å². The monoisotopic (exact) mass is 231 g/mol. The van der Waals surface area contributed by atoms with Crippen molar-refractivity contribution in [3.8, 4) is 0 Å². The van der Waals surface area contributed by atoms with E-state index in [1.165, 1.54) is 0 Å². The summed E-state index contributed by atoms with van der Waals surface area (Å²) in [7, 11) is 0. The van der Waals surface area contributed by atoms with Gasteiger partial charge in [-0.2, -0.15) is 0 Å². The lowest BCUT2D eigenvalue weighted by molar-refractivity contribution is -0.147. The van der Waals surface area contributed by atoms with Crippen LogP contribution in [0.1, 0.15) is 40.0 Å². The van der Waals surface area contributed by atoms with Crippen molar-refractivity contribution in [3.63, 3.8) is 0 Å². The van der Waals surface area contributed by atoms with Gasteiger partial charge in [0.2, 0.25) is 0 Å². The summed E-state index contributed by atoms with van der Waals surface area (Å²) in [6.07, 6.45) is 2.81. The first kappa shape index (κ1) is 15.4. The summed E-state index contributed by atoms with van der Waals surface area (Å²) in [5.74, 6) is 0.0798. The second kappa shape index (κ2) is 9.60. The molecule has 0 heterocycles. The van der Waals surface area contributed by atoms with Crippen LogP contribution < -0.4 is 5.73 Å². The van der Waals surface area contributed by atoms with Gasteiger partial charge in [0.1, 0.15) is 12.6 Å². The molecule has 0 amide bonds. The molecule has 0 bridgehead atoms. The highest BCUT2D eigenvalue weighted by Gasteiger charge is 2.15. The van der Waals surface area contributed by atoms with Crippen LogP contribution in [0.3, 0.4) is 0 Å². The van der Waals surface area contributed by atoms with Gasteiger partial charge in [0.25, 0.3) is 0 Å². The van der Waals surface area contributed by atoms with Gasteiger partial charge in [0.15, 0.2) is 0 Å². The van der Waals surface area contributed by atoms with Crippen LogP contribution in [0, 0.1) is 5.92 Å². The topological polar surface area (TPSA) is 61.5 Å². The van der Waals surface area contributed by atoms with Gasteiger partial charge in [-0.3, -0.25) is 4.79 Å². The molecule has 0 aromatic heterocycles. The van der Waals surface area contributed by atoms with Crippen LogP contribution in [-0.2, 0) is 14.3 Å². The van der Waals surface area contributed by atoms with Gasteiger partial charge < -0.3 is 15.2 Å². The Morgan fingerprint density at radius 3 is 2.50 bits per heavy atom. The van der Waals surface area contributed by atoms with Crippen LogP contribution in [-0.4, -0.2) is 31.8 Å². The Kier molecular flexibility index (Phi) is 9.24. The molecule has 0 spiro atoms. The lowest BCUT2D eigenvalue weighted by Gasteiger charge is -2.13. The molecule has 0 saturated carbocycles. The second-order valence-corrected chi connectivity index (χ2v) is 4.37. The molecule has 4 nitrogen and oxygen atoms in total. The van der Waals surface area contributed by atoms with Crippen molar-refractivity contribution in [2.45, 2.75) is 46.1 Å². The minimum atomic E-state index is -0.504. The number of hydrogen-bond donors (Lipinski definition) is 1. The molecule has 0 unspecified atom stereocenters. The predicted octanol–water partition coefficient (Wildman–Crippen LogP) is 1.72. The zero-order valence-electron chi connectivity index (χ0n) is 10.7. The number of nitrogens with two attached hydrogens (primary N) is 1. The number of carbonyl (C=O) groups is 1. The highest BCUT2D eigenvalue weighted by Crippen LogP contribution is 2.03. The summed E-state index contributed by atoms with van der Waals surface area (Å²) in [5.41, 5.74) is 5.67. The fraction of sp³-hybridized carbons (Fsp3) is 0.917. The molecule has 2 N–H and O–H groups in total. The first-order valence-electron chi connectivity index (χ1n) is 6.07. The molecule has 0 saturated heterocycles. The highest BCUT2D eigenvalue weighted by molar-refractivity contribution is 5.75. The molecule has 0 aliphatic carbocycles. The van der Waals surface area contributed by atoms with Gasteiger partial charge >= 0.3 is 5.97 Å². The Hall–Kier alpha value is -0.610. The molecule has 0 aromatic carbocycles. The maximum atomic E-state index is 11.4. The van der Waals surface area contributed by atoms with Gasteiger partial charge in [0, 0.05) is 6.61 Å². The molecule has 0 aliphatic rings. The molecule has 4 heteroatoms. The van der Waals surface area contributed by atoms with Crippen molar-refractivity contribution in [2.24, 2.45) is 11.7 Å². The number of esters is 1. The molecule has 0 rings (SSSR count). The number of ether oxygens (including phenoxy) is 2. The number of rotatable bonds is 9. The van der Waals surface area contributed by atoms with Crippen LogP contribution >= 0.6 is 0 Å². The number of hydrogen-bond acceptors (Lipinski definition) is 4. The smallest absolute Gasteiger partial charge is 0.322 e. The third-order valence-electron chi connectivity index (χ3n) is 2.14. The maximum Gasteiger partial charge on any atom is 0.322 e. The lowest BCUT2D eigenvalue weighted by Crippen LogP contribution is -2.34. The largest absolute Gasteiger partial charge is 0.462 e. The SMILES string of the molecule is CCCCOCCOC(=O)[C@H](N)CC(C)C. The van der Waals surface area contributed by atoms with Crippen LogP contribution in [0.25, 0.3) is 0 Å². The summed E-state index contributed by atoms with van der Waals surface area (Å²) < 4.78 is 10.3. The Bertz CT molecular complexity index is 183. The quantitative estimate of drug-likeness (QED) is 0.485. The average Bonchev–Trinajstić information content (AvgIpc) is 2.21. The summed E-state index contributed by atoms with van der Waals surface area (Å²) in [6.45, 7) is 7.65. The van der Waals surface area contributed by atoms with E-state index in [9.17, 15) is 4.79 Å². The molecule has 0 aliphatic heterocycles. The molecule has 16 heavy (non-hydrogen) atoms. The van der Waals surface area contributed by atoms with E-state index in [0.29, 0.717) is 25.6 Å². The van der Waals surface area contributed by atoms with Crippen molar-refractivity contribution >= 4 is 5.97 Å². The van der Waals surface area contributed by atoms with E-state index >= 15 is 0 Å². The third-order valence-corrected chi connectivity index (χ3v) is 2.14. The Morgan fingerprint density at radius 1 is 1.25 bits per heavy atom. The lowest BCUT2D eigenvalue weighted by atomic mass is 10.1. The van der Waals surface area contributed by atoms with Crippen LogP contribution in [0.15, 0.2) is 0 Å². The summed E-state index contributed by atoms with van der Waals surface area (Å²) in [5, 5.41) is 0. The zero-order valence-corrected chi connectivity index (χ0v) is 10.7. The van der Waals surface area contributed by atoms with Crippen molar-refractivity contribution in [1.29, 1.82) is 0 Å². The van der Waals surface area contributed by atoms with Gasteiger partial charge in [-0.15, -0.1) is 0 Å². The van der Waals surface area contributed by atoms with E-state index in [2.05, 4.69) is 6.92 Å². The standard InChI is InChI=1S/C12H25NO3/c1-4-5-6-15-7-8-16-12(14)11(13)9-10(2)3/h10-11H,4-9,13H2,1-3H3/t11-/m1/s1. The molecule has 0 radical (unpaired) electrons. The summed E-state index contributed by atoms with van der Waals surface area (Å²) in [4.78, 5) is 11.4. The molecular weight excluding hydrogens is 206 g/mol. The number of carbonyl (C=O) groups excluding carboxylic acids is 1. The third kappa shape index (κ3) is 8.68. The minimum Gasteiger partial charge on any atom is -0.462 e. The molecule has 0 fully saturated rings. The van der Waals surface area contributed by atoms with Crippen LogP contribution in [0.2, 0.25) is 0 Å². The van der Waals surface area contributed by atoms with Crippen molar-refractivity contribution in [2.75, 3.05) is 19.8 Å². The first-order valence-corrected chi connectivity index (χ1v) is 6.07.